The summed E-state index contributed by atoms with van der Waals surface area (Å²) < 4.78 is 0. The molecule has 2 N–H and O–H groups in total. The van der Waals surface area contributed by atoms with Crippen LogP contribution < -0.4 is 5.32 Å². The molecule has 0 saturated carbocycles. The second-order valence-corrected chi connectivity index (χ2v) is 2.79. The van der Waals surface area contributed by atoms with Crippen LogP contribution in [0.15, 0.2) is 0 Å². The van der Waals surface area contributed by atoms with Gasteiger partial charge < -0.3 is 5.32 Å². The molecule has 5 heteroatoms. The molecule has 0 aliphatic carbocycles. The van der Waals surface area contributed by atoms with Crippen LogP contribution in [0.1, 0.15) is 26.0 Å². The summed E-state index contributed by atoms with van der Waals surface area (Å²) in [6.45, 7) is 2.14. The first-order valence-electron chi connectivity index (χ1n) is 3.91. The lowest BCUT2D eigenvalue weighted by Gasteiger charge is -2.18. The van der Waals surface area contributed by atoms with Gasteiger partial charge in [0.05, 0.1) is 0 Å². The van der Waals surface area contributed by atoms with E-state index in [0.717, 1.165) is 31.8 Å². The average Bonchev–Trinajstić information content (AvgIpc) is 2.58. The fourth-order valence-electron chi connectivity index (χ4n) is 1.42. The minimum absolute atomic E-state index is 0. The van der Waals surface area contributed by atoms with Gasteiger partial charge in [-0.05, 0) is 25.9 Å². The summed E-state index contributed by atoms with van der Waals surface area (Å²) >= 11 is 0. The minimum Gasteiger partial charge on any atom is -0.317 e. The molecule has 0 bridgehead atoms. The van der Waals surface area contributed by atoms with Crippen LogP contribution in [0, 0.1) is 0 Å². The van der Waals surface area contributed by atoms with E-state index in [2.05, 4.69) is 25.9 Å². The number of aromatic amines is 1. The first-order valence-corrected chi connectivity index (χ1v) is 3.91. The van der Waals surface area contributed by atoms with Gasteiger partial charge in [0.1, 0.15) is 0 Å². The Kier molecular flexibility index (Phi) is 1.81. The molecular weight excluding hydrogens is 142 g/mol. The van der Waals surface area contributed by atoms with Gasteiger partial charge in [0.25, 0.3) is 0 Å². The van der Waals surface area contributed by atoms with E-state index in [1.165, 1.54) is 0 Å². The molecule has 11 heavy (non-hydrogen) atoms. The van der Waals surface area contributed by atoms with Crippen molar-refractivity contribution < 1.29 is 1.43 Å². The van der Waals surface area contributed by atoms with Gasteiger partial charge >= 0.3 is 0 Å². The zero-order chi connectivity index (χ0) is 7.52. The molecule has 1 aromatic rings. The van der Waals surface area contributed by atoms with Crippen molar-refractivity contribution >= 4 is 0 Å². The van der Waals surface area contributed by atoms with E-state index in [4.69, 9.17) is 0 Å². The van der Waals surface area contributed by atoms with Crippen molar-refractivity contribution in [3.8, 4) is 0 Å². The average molecular weight is 155 g/mol. The highest BCUT2D eigenvalue weighted by molar-refractivity contribution is 4.93. The van der Waals surface area contributed by atoms with Crippen LogP contribution in [0.25, 0.3) is 0 Å². The summed E-state index contributed by atoms with van der Waals surface area (Å²) in [5.74, 6) is 1.38. The highest BCUT2D eigenvalue weighted by Crippen LogP contribution is 2.20. The third-order valence-corrected chi connectivity index (χ3v) is 2.07. The van der Waals surface area contributed by atoms with Gasteiger partial charge in [-0.3, -0.25) is 0 Å². The van der Waals surface area contributed by atoms with Crippen LogP contribution in [0.5, 0.6) is 0 Å². The Labute approximate surface area is 66.1 Å². The van der Waals surface area contributed by atoms with Gasteiger partial charge in [0.2, 0.25) is 0 Å². The first kappa shape index (κ1) is 6.72. The molecule has 1 fully saturated rings. The highest BCUT2D eigenvalue weighted by Gasteiger charge is 2.18. The van der Waals surface area contributed by atoms with Gasteiger partial charge in [-0.15, -0.1) is 10.2 Å². The molecule has 0 unspecified atom stereocenters. The number of nitrogens with zero attached hydrogens (tertiary/aromatic N) is 3. The smallest absolute Gasteiger partial charge is 0.177 e. The Bertz CT molecular complexity index is 206. The number of nitrogens with one attached hydrogen (secondary N) is 2. The van der Waals surface area contributed by atoms with Gasteiger partial charge in [-0.1, -0.05) is 5.21 Å². The van der Waals surface area contributed by atoms with Crippen LogP contribution in [-0.2, 0) is 0 Å². The molecule has 5 nitrogen and oxygen atoms in total. The SMILES string of the molecule is C1CC(c2nn[nH]n2)CCN1.[HH]. The Morgan fingerprint density at radius 3 is 2.82 bits per heavy atom. The second-order valence-electron chi connectivity index (χ2n) is 2.79. The normalized spacial score (nSPS) is 20.4. The predicted molar refractivity (Wildman–Crippen MR) is 41.1 cm³/mol. The first-order chi connectivity index (χ1) is 5.47. The van der Waals surface area contributed by atoms with Gasteiger partial charge in [0, 0.05) is 7.34 Å². The standard InChI is InChI=1S/C6H11N5.H2/c1-3-7-4-2-5(1)6-8-10-11-9-6;/h5,7H,1-4H2,(H,8,9,10,11);1H. The molecule has 0 spiro atoms. The molecule has 0 atom stereocenters. The van der Waals surface area contributed by atoms with E-state index in [0.29, 0.717) is 5.92 Å². The van der Waals surface area contributed by atoms with Crippen molar-refractivity contribution in [1.82, 2.24) is 25.9 Å². The molecular formula is C6H13N5. The number of hydrogen-bond acceptors (Lipinski definition) is 4. The molecule has 1 aromatic heterocycles. The third kappa shape index (κ3) is 1.37. The monoisotopic (exact) mass is 155 g/mol. The zero-order valence-corrected chi connectivity index (χ0v) is 6.25. The topological polar surface area (TPSA) is 66.5 Å². The molecule has 1 aliphatic rings. The van der Waals surface area contributed by atoms with Crippen LogP contribution in [-0.4, -0.2) is 33.7 Å². The summed E-state index contributed by atoms with van der Waals surface area (Å²) in [5, 5.41) is 17.2. The lowest BCUT2D eigenvalue weighted by Crippen LogP contribution is -2.27. The molecule has 0 aromatic carbocycles. The summed E-state index contributed by atoms with van der Waals surface area (Å²) in [4.78, 5) is 0. The number of rotatable bonds is 1. The molecule has 0 amide bonds. The van der Waals surface area contributed by atoms with Gasteiger partial charge in [-0.2, -0.15) is 5.21 Å². The largest absolute Gasteiger partial charge is 0.317 e. The number of aromatic nitrogens is 4. The van der Waals surface area contributed by atoms with Crippen LogP contribution >= 0.6 is 0 Å². The maximum absolute atomic E-state index is 3.96. The van der Waals surface area contributed by atoms with E-state index in [1.54, 1.807) is 0 Å². The molecule has 0 radical (unpaired) electrons. The Morgan fingerprint density at radius 1 is 1.36 bits per heavy atom. The lowest BCUT2D eigenvalue weighted by atomic mass is 9.98. The van der Waals surface area contributed by atoms with Crippen molar-refractivity contribution in [3.05, 3.63) is 5.82 Å². The van der Waals surface area contributed by atoms with E-state index < -0.39 is 0 Å². The number of tetrazole rings is 1. The van der Waals surface area contributed by atoms with Crippen molar-refractivity contribution in [2.45, 2.75) is 18.8 Å². The maximum Gasteiger partial charge on any atom is 0.177 e. The van der Waals surface area contributed by atoms with Crippen LogP contribution in [0.2, 0.25) is 0 Å². The van der Waals surface area contributed by atoms with Gasteiger partial charge in [0.15, 0.2) is 5.82 Å². The molecule has 62 valence electrons. The van der Waals surface area contributed by atoms with Crippen LogP contribution in [0.4, 0.5) is 0 Å². The van der Waals surface area contributed by atoms with E-state index >= 15 is 0 Å². The molecule has 2 heterocycles. The second kappa shape index (κ2) is 2.96. The summed E-state index contributed by atoms with van der Waals surface area (Å²) in [6.07, 6.45) is 2.25. The zero-order valence-electron chi connectivity index (χ0n) is 6.25. The lowest BCUT2D eigenvalue weighted by molar-refractivity contribution is 0.445. The molecule has 1 saturated heterocycles. The fraction of sp³-hybridized carbons (Fsp3) is 0.833. The minimum atomic E-state index is 0. The van der Waals surface area contributed by atoms with Crippen molar-refractivity contribution in [3.63, 3.8) is 0 Å². The fourth-order valence-corrected chi connectivity index (χ4v) is 1.42. The van der Waals surface area contributed by atoms with Gasteiger partial charge in [-0.25, -0.2) is 0 Å². The van der Waals surface area contributed by atoms with Crippen molar-refractivity contribution in [2.24, 2.45) is 0 Å². The van der Waals surface area contributed by atoms with Crippen molar-refractivity contribution in [1.29, 1.82) is 0 Å². The highest BCUT2D eigenvalue weighted by atomic mass is 15.5. The number of H-pyrrole nitrogens is 1. The number of piperidine rings is 1. The maximum atomic E-state index is 3.96. The summed E-state index contributed by atoms with van der Waals surface area (Å²) in [5.41, 5.74) is 0. The van der Waals surface area contributed by atoms with Crippen molar-refractivity contribution in [2.75, 3.05) is 13.1 Å². The number of hydrogen-bond donors (Lipinski definition) is 2. The Balaban J connectivity index is 0.000000720. The Morgan fingerprint density at radius 2 is 2.18 bits per heavy atom. The molecule has 1 aliphatic heterocycles. The van der Waals surface area contributed by atoms with Crippen LogP contribution in [0.3, 0.4) is 0 Å². The quantitative estimate of drug-likeness (QED) is 0.595. The summed E-state index contributed by atoms with van der Waals surface area (Å²) in [7, 11) is 0. The van der Waals surface area contributed by atoms with E-state index in [-0.39, 0.29) is 1.43 Å². The third-order valence-electron chi connectivity index (χ3n) is 2.07. The van der Waals surface area contributed by atoms with E-state index in [9.17, 15) is 0 Å². The summed E-state index contributed by atoms with van der Waals surface area (Å²) in [6, 6.07) is 0. The molecule has 2 rings (SSSR count). The van der Waals surface area contributed by atoms with E-state index in [1.807, 2.05) is 0 Å². The predicted octanol–water partition coefficient (Wildman–Crippen LogP) is -0.0873. The Hall–Kier alpha value is -0.970.